The lowest BCUT2D eigenvalue weighted by atomic mass is 10.1. The zero-order valence-corrected chi connectivity index (χ0v) is 26.2. The highest BCUT2D eigenvalue weighted by molar-refractivity contribution is 7.99. The van der Waals surface area contributed by atoms with Crippen LogP contribution in [-0.2, 0) is 9.47 Å². The number of nitrogens with zero attached hydrogens (tertiary/aromatic N) is 2. The molecule has 0 saturated heterocycles. The largest absolute Gasteiger partial charge is 0.444 e. The minimum absolute atomic E-state index is 0.399. The van der Waals surface area contributed by atoms with Crippen LogP contribution in [0.5, 0.6) is 0 Å². The van der Waals surface area contributed by atoms with Gasteiger partial charge in [-0.05, 0) is 96.8 Å². The van der Waals surface area contributed by atoms with Gasteiger partial charge in [0.05, 0.1) is 22.6 Å². The van der Waals surface area contributed by atoms with Gasteiger partial charge in [0.15, 0.2) is 0 Å². The molecule has 4 aromatic rings. The summed E-state index contributed by atoms with van der Waals surface area (Å²) in [4.78, 5) is 30.2. The Morgan fingerprint density at radius 3 is 2.21 bits per heavy atom. The number of ether oxygens (including phenoxy) is 2. The van der Waals surface area contributed by atoms with E-state index in [1.807, 2.05) is 71.9 Å². The monoisotopic (exact) mass is 585 g/mol. The molecule has 0 aliphatic carbocycles. The molecule has 0 spiro atoms. The van der Waals surface area contributed by atoms with Crippen molar-refractivity contribution < 1.29 is 19.1 Å². The number of alkyl carbamates (subject to hydrolysis) is 1. The van der Waals surface area contributed by atoms with Crippen molar-refractivity contribution in [2.45, 2.75) is 75.9 Å². The lowest BCUT2D eigenvalue weighted by molar-refractivity contribution is 0.0522. The average molecular weight is 586 g/mol. The Morgan fingerprint density at radius 2 is 1.50 bits per heavy atom. The van der Waals surface area contributed by atoms with Crippen molar-refractivity contribution in [3.05, 3.63) is 72.3 Å². The predicted octanol–water partition coefficient (Wildman–Crippen LogP) is 8.92. The number of rotatable bonds is 5. The highest BCUT2D eigenvalue weighted by Crippen LogP contribution is 2.49. The fraction of sp³-hybridized carbons (Fsp3) is 0.353. The maximum Gasteiger partial charge on any atom is 0.419 e. The highest BCUT2D eigenvalue weighted by atomic mass is 32.2. The summed E-state index contributed by atoms with van der Waals surface area (Å²) < 4.78 is 12.9. The summed E-state index contributed by atoms with van der Waals surface area (Å²) in [6, 6.07) is 22.8. The van der Waals surface area contributed by atoms with Crippen molar-refractivity contribution in [2.75, 3.05) is 18.0 Å². The number of carbonyl (C=O) groups excluding carboxylic acids is 2. The quantitative estimate of drug-likeness (QED) is 0.236. The lowest BCUT2D eigenvalue weighted by Gasteiger charge is -2.33. The van der Waals surface area contributed by atoms with Crippen LogP contribution in [0.1, 0.15) is 53.5 Å². The van der Waals surface area contributed by atoms with E-state index in [4.69, 9.17) is 9.47 Å². The average Bonchev–Trinajstić information content (AvgIpc) is 3.28. The zero-order valence-electron chi connectivity index (χ0n) is 25.4. The van der Waals surface area contributed by atoms with Crippen LogP contribution in [0, 0.1) is 6.92 Å². The molecule has 1 aliphatic rings. The van der Waals surface area contributed by atoms with Crippen molar-refractivity contribution in [3.8, 4) is 11.3 Å². The third-order valence-corrected chi connectivity index (χ3v) is 7.78. The van der Waals surface area contributed by atoms with Gasteiger partial charge in [-0.25, -0.2) is 14.2 Å². The van der Waals surface area contributed by atoms with E-state index in [0.29, 0.717) is 6.54 Å². The first-order valence-corrected chi connectivity index (χ1v) is 15.1. The van der Waals surface area contributed by atoms with Gasteiger partial charge in [-0.2, -0.15) is 0 Å². The maximum absolute atomic E-state index is 13.4. The third kappa shape index (κ3) is 6.59. The van der Waals surface area contributed by atoms with Crippen LogP contribution in [0.3, 0.4) is 0 Å². The SMILES string of the molecule is Cc1ccc2c(c1)Sc1cc(-c3cc4ccccc4n3C(=O)OC(C)(C)C)ccc1N2CCCNC(=O)OC(C)(C)C. The fourth-order valence-corrected chi connectivity index (χ4v) is 6.24. The minimum Gasteiger partial charge on any atom is -0.444 e. The molecule has 8 heteroatoms. The maximum atomic E-state index is 13.4. The van der Waals surface area contributed by atoms with Gasteiger partial charge >= 0.3 is 12.2 Å². The summed E-state index contributed by atoms with van der Waals surface area (Å²) in [6.07, 6.45) is -0.0621. The molecule has 1 amide bonds. The molecular weight excluding hydrogens is 546 g/mol. The van der Waals surface area contributed by atoms with Gasteiger partial charge in [0, 0.05) is 33.8 Å². The summed E-state index contributed by atoms with van der Waals surface area (Å²) in [6.45, 7) is 14.5. The van der Waals surface area contributed by atoms with Crippen molar-refractivity contribution in [3.63, 3.8) is 0 Å². The number of hydrogen-bond donors (Lipinski definition) is 1. The standard InChI is InChI=1S/C34H39N3O4S/c1-22-13-15-26-29(19-22)42-30-21-24(14-16-27(30)36(26)18-10-17-35-31(38)40-33(2,3)4)28-20-23-11-8-9-12-25(23)37(28)32(39)41-34(5,6)7/h8-9,11-16,19-21H,10,17-18H2,1-7H3,(H,35,38). The van der Waals surface area contributed by atoms with E-state index >= 15 is 0 Å². The van der Waals surface area contributed by atoms with Crippen LogP contribution in [0.15, 0.2) is 76.5 Å². The van der Waals surface area contributed by atoms with Crippen LogP contribution < -0.4 is 10.2 Å². The van der Waals surface area contributed by atoms with Crippen LogP contribution >= 0.6 is 11.8 Å². The summed E-state index contributed by atoms with van der Waals surface area (Å²) in [7, 11) is 0. The van der Waals surface area contributed by atoms with Gasteiger partial charge in [-0.15, -0.1) is 0 Å². The molecule has 3 aromatic carbocycles. The number of para-hydroxylation sites is 1. The number of aryl methyl sites for hydroxylation is 1. The molecule has 5 rings (SSSR count). The van der Waals surface area contributed by atoms with Gasteiger partial charge < -0.3 is 19.7 Å². The zero-order chi connectivity index (χ0) is 30.2. The molecule has 1 aromatic heterocycles. The first-order chi connectivity index (χ1) is 19.8. The molecule has 0 fully saturated rings. The molecule has 0 unspecified atom stereocenters. The first kappa shape index (κ1) is 29.6. The fourth-order valence-electron chi connectivity index (χ4n) is 5.01. The topological polar surface area (TPSA) is 72.8 Å². The van der Waals surface area contributed by atoms with Crippen LogP contribution in [0.4, 0.5) is 21.0 Å². The molecule has 220 valence electrons. The van der Waals surface area contributed by atoms with E-state index < -0.39 is 23.4 Å². The smallest absolute Gasteiger partial charge is 0.419 e. The van der Waals surface area contributed by atoms with E-state index in [1.165, 1.54) is 10.5 Å². The number of carbonyl (C=O) groups is 2. The predicted molar refractivity (Wildman–Crippen MR) is 170 cm³/mol. The van der Waals surface area contributed by atoms with Crippen LogP contribution in [-0.4, -0.2) is 41.0 Å². The second kappa shape index (κ2) is 11.4. The Kier molecular flexibility index (Phi) is 8.03. The Labute approximate surface area is 252 Å². The number of amides is 1. The Hall–Kier alpha value is -3.91. The van der Waals surface area contributed by atoms with Crippen molar-refractivity contribution in [1.82, 2.24) is 9.88 Å². The van der Waals surface area contributed by atoms with Crippen LogP contribution in [0.2, 0.25) is 0 Å². The Balaban J connectivity index is 1.47. The van der Waals surface area contributed by atoms with E-state index in [0.717, 1.165) is 51.4 Å². The number of fused-ring (bicyclic) bond motifs is 3. The molecule has 0 bridgehead atoms. The molecule has 7 nitrogen and oxygen atoms in total. The highest BCUT2D eigenvalue weighted by Gasteiger charge is 2.27. The summed E-state index contributed by atoms with van der Waals surface area (Å²) in [5.41, 5.74) is 4.82. The lowest BCUT2D eigenvalue weighted by Crippen LogP contribution is -2.34. The normalized spacial score (nSPS) is 13.0. The molecule has 0 atom stereocenters. The first-order valence-electron chi connectivity index (χ1n) is 14.3. The summed E-state index contributed by atoms with van der Waals surface area (Å²) in [5.74, 6) is 0. The second-order valence-electron chi connectivity index (χ2n) is 12.6. The van der Waals surface area contributed by atoms with Gasteiger partial charge in [0.1, 0.15) is 11.2 Å². The van der Waals surface area contributed by atoms with Gasteiger partial charge in [-0.3, -0.25) is 0 Å². The molecular formula is C34H39N3O4S. The minimum atomic E-state index is -0.619. The second-order valence-corrected chi connectivity index (χ2v) is 13.7. The van der Waals surface area contributed by atoms with Gasteiger partial charge in [-0.1, -0.05) is 42.1 Å². The van der Waals surface area contributed by atoms with E-state index in [1.54, 1.807) is 16.3 Å². The number of nitrogens with one attached hydrogen (secondary N) is 1. The van der Waals surface area contributed by atoms with Crippen molar-refractivity contribution >= 4 is 46.2 Å². The molecule has 0 saturated carbocycles. The molecule has 1 N–H and O–H groups in total. The Morgan fingerprint density at radius 1 is 0.833 bits per heavy atom. The van der Waals surface area contributed by atoms with Gasteiger partial charge in [0.2, 0.25) is 0 Å². The van der Waals surface area contributed by atoms with Crippen molar-refractivity contribution in [1.29, 1.82) is 0 Å². The number of benzene rings is 3. The third-order valence-electron chi connectivity index (χ3n) is 6.69. The molecule has 42 heavy (non-hydrogen) atoms. The molecule has 1 aliphatic heterocycles. The molecule has 0 radical (unpaired) electrons. The summed E-state index contributed by atoms with van der Waals surface area (Å²) >= 11 is 1.73. The number of hydrogen-bond acceptors (Lipinski definition) is 6. The number of anilines is 2. The van der Waals surface area contributed by atoms with E-state index in [-0.39, 0.29) is 0 Å². The Bertz CT molecular complexity index is 1650. The van der Waals surface area contributed by atoms with E-state index in [2.05, 4.69) is 53.5 Å². The van der Waals surface area contributed by atoms with Crippen molar-refractivity contribution in [2.24, 2.45) is 0 Å². The van der Waals surface area contributed by atoms with Gasteiger partial charge in [0.25, 0.3) is 0 Å². The van der Waals surface area contributed by atoms with Crippen LogP contribution in [0.25, 0.3) is 22.2 Å². The summed E-state index contributed by atoms with van der Waals surface area (Å²) in [5, 5.41) is 3.85. The molecule has 2 heterocycles. The number of aromatic nitrogens is 1. The van der Waals surface area contributed by atoms with E-state index in [9.17, 15) is 9.59 Å².